The van der Waals surface area contributed by atoms with Crippen LogP contribution in [0.15, 0.2) is 23.1 Å². The van der Waals surface area contributed by atoms with E-state index >= 15 is 0 Å². The van der Waals surface area contributed by atoms with Crippen LogP contribution in [0.1, 0.15) is 17.3 Å². The van der Waals surface area contributed by atoms with Crippen LogP contribution in [0.3, 0.4) is 0 Å². The molecule has 0 unspecified atom stereocenters. The Hall–Kier alpha value is -1.56. The first-order chi connectivity index (χ1) is 6.90. The molecule has 3 N–H and O–H groups in total. The zero-order chi connectivity index (χ0) is 11.6. The molecule has 6 heteroatoms. The summed E-state index contributed by atoms with van der Waals surface area (Å²) in [6, 6.07) is 3.94. The second-order valence-corrected chi connectivity index (χ2v) is 5.17. The number of nitrogens with two attached hydrogens (primary N) is 1. The summed E-state index contributed by atoms with van der Waals surface area (Å²) in [4.78, 5) is 10.6. The Labute approximate surface area is 87.4 Å². The summed E-state index contributed by atoms with van der Waals surface area (Å²) in [7, 11) is -3.47. The van der Waals surface area contributed by atoms with E-state index in [0.29, 0.717) is 0 Å². The molecular formula is C9H11NO4S. The van der Waals surface area contributed by atoms with Crippen molar-refractivity contribution in [3.63, 3.8) is 0 Å². The lowest BCUT2D eigenvalue weighted by Crippen LogP contribution is -2.11. The maximum atomic E-state index is 11.5. The molecule has 0 radical (unpaired) electrons. The number of para-hydroxylation sites is 1. The maximum Gasteiger partial charge on any atom is 0.337 e. The molecule has 0 aliphatic carbocycles. The van der Waals surface area contributed by atoms with Crippen molar-refractivity contribution >= 4 is 21.5 Å². The monoisotopic (exact) mass is 229 g/mol. The third-order valence-electron chi connectivity index (χ3n) is 2.01. The van der Waals surface area contributed by atoms with Crippen molar-refractivity contribution in [3.8, 4) is 0 Å². The van der Waals surface area contributed by atoms with Crippen molar-refractivity contribution in [2.24, 2.45) is 0 Å². The number of rotatable bonds is 3. The van der Waals surface area contributed by atoms with Gasteiger partial charge in [-0.15, -0.1) is 0 Å². The van der Waals surface area contributed by atoms with Crippen LogP contribution in [0.25, 0.3) is 0 Å². The van der Waals surface area contributed by atoms with Crippen LogP contribution < -0.4 is 5.73 Å². The van der Waals surface area contributed by atoms with Gasteiger partial charge in [0, 0.05) is 0 Å². The van der Waals surface area contributed by atoms with Gasteiger partial charge in [-0.1, -0.05) is 13.0 Å². The second kappa shape index (κ2) is 3.90. The van der Waals surface area contributed by atoms with E-state index in [1.54, 1.807) is 0 Å². The smallest absolute Gasteiger partial charge is 0.337 e. The average Bonchev–Trinajstić information content (AvgIpc) is 2.17. The van der Waals surface area contributed by atoms with Crippen LogP contribution in [0.5, 0.6) is 0 Å². The highest BCUT2D eigenvalue weighted by atomic mass is 32.2. The number of carboxylic acids is 1. The van der Waals surface area contributed by atoms with Gasteiger partial charge in [0.15, 0.2) is 9.84 Å². The first kappa shape index (κ1) is 11.5. The molecule has 0 saturated carbocycles. The number of carbonyl (C=O) groups is 1. The van der Waals surface area contributed by atoms with E-state index in [4.69, 9.17) is 10.8 Å². The van der Waals surface area contributed by atoms with Crippen LogP contribution in [0.4, 0.5) is 5.69 Å². The molecule has 0 bridgehead atoms. The fourth-order valence-corrected chi connectivity index (χ4v) is 2.20. The van der Waals surface area contributed by atoms with Crippen molar-refractivity contribution < 1.29 is 18.3 Å². The summed E-state index contributed by atoms with van der Waals surface area (Å²) in [6.07, 6.45) is 0. The number of carboxylic acid groups (broad SMARTS) is 1. The van der Waals surface area contributed by atoms with Gasteiger partial charge in [-0.25, -0.2) is 13.2 Å². The molecule has 1 aromatic rings. The van der Waals surface area contributed by atoms with E-state index in [0.717, 1.165) is 0 Å². The number of hydrogen-bond donors (Lipinski definition) is 2. The lowest BCUT2D eigenvalue weighted by molar-refractivity contribution is 0.0698. The topological polar surface area (TPSA) is 97.5 Å². The van der Waals surface area contributed by atoms with Gasteiger partial charge >= 0.3 is 5.97 Å². The molecule has 82 valence electrons. The van der Waals surface area contributed by atoms with E-state index < -0.39 is 15.8 Å². The Morgan fingerprint density at radius 2 is 2.07 bits per heavy atom. The van der Waals surface area contributed by atoms with Crippen LogP contribution >= 0.6 is 0 Å². The third kappa shape index (κ3) is 2.10. The predicted molar refractivity (Wildman–Crippen MR) is 55.5 cm³/mol. The Balaban J connectivity index is 3.47. The summed E-state index contributed by atoms with van der Waals surface area (Å²) in [5.74, 6) is -1.35. The molecule has 1 aromatic carbocycles. The normalized spacial score (nSPS) is 11.3. The second-order valence-electron chi connectivity index (χ2n) is 2.93. The van der Waals surface area contributed by atoms with Gasteiger partial charge < -0.3 is 10.8 Å². The standard InChI is InChI=1S/C9H11NO4S/c1-2-15(13,14)7-5-3-4-6(8(7)10)9(11)12/h3-5H,2,10H2,1H3,(H,11,12). The summed E-state index contributed by atoms with van der Waals surface area (Å²) in [5.41, 5.74) is 5.09. The van der Waals surface area contributed by atoms with Crippen LogP contribution in [-0.4, -0.2) is 25.2 Å². The number of hydrogen-bond acceptors (Lipinski definition) is 4. The van der Waals surface area contributed by atoms with Crippen LogP contribution in [0.2, 0.25) is 0 Å². The molecule has 0 atom stereocenters. The lowest BCUT2D eigenvalue weighted by atomic mass is 10.2. The van der Waals surface area contributed by atoms with E-state index in [1.807, 2.05) is 0 Å². The SMILES string of the molecule is CCS(=O)(=O)c1cccc(C(=O)O)c1N. The van der Waals surface area contributed by atoms with Gasteiger partial charge in [-0.2, -0.15) is 0 Å². The van der Waals surface area contributed by atoms with Crippen molar-refractivity contribution in [2.45, 2.75) is 11.8 Å². The quantitative estimate of drug-likeness (QED) is 0.746. The Morgan fingerprint density at radius 1 is 1.47 bits per heavy atom. The maximum absolute atomic E-state index is 11.5. The molecule has 0 spiro atoms. The summed E-state index contributed by atoms with van der Waals surface area (Å²) in [5, 5.41) is 8.75. The molecule has 0 heterocycles. The Kier molecular flexibility index (Phi) is 2.99. The van der Waals surface area contributed by atoms with E-state index in [9.17, 15) is 13.2 Å². The predicted octanol–water partition coefficient (Wildman–Crippen LogP) is 0.761. The number of nitrogen functional groups attached to an aromatic ring is 1. The number of aromatic carboxylic acids is 1. The molecule has 0 aliphatic rings. The Bertz CT molecular complexity index is 493. The summed E-state index contributed by atoms with van der Waals surface area (Å²) < 4.78 is 23.0. The molecule has 0 fully saturated rings. The van der Waals surface area contributed by atoms with Crippen molar-refractivity contribution in [1.29, 1.82) is 0 Å². The van der Waals surface area contributed by atoms with Gasteiger partial charge in [0.25, 0.3) is 0 Å². The zero-order valence-corrected chi connectivity index (χ0v) is 8.91. The molecule has 1 rings (SSSR count). The van der Waals surface area contributed by atoms with Crippen LogP contribution in [0, 0.1) is 0 Å². The average molecular weight is 229 g/mol. The highest BCUT2D eigenvalue weighted by Gasteiger charge is 2.19. The Morgan fingerprint density at radius 3 is 2.53 bits per heavy atom. The zero-order valence-electron chi connectivity index (χ0n) is 8.10. The van der Waals surface area contributed by atoms with Gasteiger partial charge in [-0.3, -0.25) is 0 Å². The molecule has 0 aliphatic heterocycles. The molecule has 15 heavy (non-hydrogen) atoms. The number of benzene rings is 1. The fraction of sp³-hybridized carbons (Fsp3) is 0.222. The minimum atomic E-state index is -3.47. The lowest BCUT2D eigenvalue weighted by Gasteiger charge is -2.07. The van der Waals surface area contributed by atoms with E-state index in [1.165, 1.54) is 25.1 Å². The first-order valence-corrected chi connectivity index (χ1v) is 5.90. The molecule has 5 nitrogen and oxygen atoms in total. The molecule has 0 aromatic heterocycles. The van der Waals surface area contributed by atoms with Gasteiger partial charge in [0.05, 0.1) is 21.9 Å². The first-order valence-electron chi connectivity index (χ1n) is 4.24. The van der Waals surface area contributed by atoms with Crippen LogP contribution in [-0.2, 0) is 9.84 Å². The largest absolute Gasteiger partial charge is 0.478 e. The minimum Gasteiger partial charge on any atom is -0.478 e. The van der Waals surface area contributed by atoms with Crippen molar-refractivity contribution in [3.05, 3.63) is 23.8 Å². The highest BCUT2D eigenvalue weighted by molar-refractivity contribution is 7.91. The third-order valence-corrected chi connectivity index (χ3v) is 3.80. The number of sulfone groups is 1. The van der Waals surface area contributed by atoms with Gasteiger partial charge in [0.2, 0.25) is 0 Å². The summed E-state index contributed by atoms with van der Waals surface area (Å²) in [6.45, 7) is 1.47. The van der Waals surface area contributed by atoms with Crippen molar-refractivity contribution in [2.75, 3.05) is 11.5 Å². The van der Waals surface area contributed by atoms with E-state index in [2.05, 4.69) is 0 Å². The van der Waals surface area contributed by atoms with E-state index in [-0.39, 0.29) is 21.9 Å². The fourth-order valence-electron chi connectivity index (χ4n) is 1.16. The molecular weight excluding hydrogens is 218 g/mol. The van der Waals surface area contributed by atoms with Crippen molar-refractivity contribution in [1.82, 2.24) is 0 Å². The molecule has 0 amide bonds. The van der Waals surface area contributed by atoms with Gasteiger partial charge in [-0.05, 0) is 12.1 Å². The van der Waals surface area contributed by atoms with Gasteiger partial charge in [0.1, 0.15) is 0 Å². The molecule has 0 saturated heterocycles. The number of anilines is 1. The minimum absolute atomic E-state index is 0.111. The summed E-state index contributed by atoms with van der Waals surface area (Å²) >= 11 is 0. The highest BCUT2D eigenvalue weighted by Crippen LogP contribution is 2.23.